The lowest BCUT2D eigenvalue weighted by atomic mass is 9.89. The van der Waals surface area contributed by atoms with E-state index < -0.39 is 0 Å². The van der Waals surface area contributed by atoms with Crippen molar-refractivity contribution in [1.82, 2.24) is 9.97 Å². The van der Waals surface area contributed by atoms with Crippen LogP contribution in [0.15, 0.2) is 36.9 Å². The highest BCUT2D eigenvalue weighted by atomic mass is 14.8. The van der Waals surface area contributed by atoms with Crippen molar-refractivity contribution in [1.29, 1.82) is 0 Å². The number of hydrogen-bond acceptors (Lipinski definition) is 2. The van der Waals surface area contributed by atoms with E-state index in [2.05, 4.69) is 34.6 Å². The van der Waals surface area contributed by atoms with Gasteiger partial charge in [0.25, 0.3) is 0 Å². The smallest absolute Gasteiger partial charge is 0.115 e. The van der Waals surface area contributed by atoms with Crippen LogP contribution in [0.5, 0.6) is 0 Å². The second-order valence-corrected chi connectivity index (χ2v) is 4.03. The quantitative estimate of drug-likeness (QED) is 0.720. The number of nitrogens with zero attached hydrogens (tertiary/aromatic N) is 2. The van der Waals surface area contributed by atoms with E-state index in [9.17, 15) is 0 Å². The van der Waals surface area contributed by atoms with Gasteiger partial charge >= 0.3 is 0 Å². The average molecular weight is 208 g/mol. The van der Waals surface area contributed by atoms with Gasteiger partial charge in [0.15, 0.2) is 0 Å². The van der Waals surface area contributed by atoms with Crippen LogP contribution in [0.4, 0.5) is 0 Å². The molecule has 2 nitrogen and oxygen atoms in total. The van der Waals surface area contributed by atoms with Crippen molar-refractivity contribution < 1.29 is 0 Å². The molecule has 0 unspecified atom stereocenters. The predicted octanol–water partition coefficient (Wildman–Crippen LogP) is 2.91. The fraction of sp³-hybridized carbons (Fsp3) is 0.214. The number of aromatic nitrogens is 2. The highest BCUT2D eigenvalue weighted by molar-refractivity contribution is 5.64. The Morgan fingerprint density at radius 3 is 2.81 bits per heavy atom. The summed E-state index contributed by atoms with van der Waals surface area (Å²) < 4.78 is 0. The summed E-state index contributed by atoms with van der Waals surface area (Å²) in [5, 5.41) is 0. The molecule has 78 valence electrons. The molecule has 2 aromatic rings. The maximum absolute atomic E-state index is 4.04. The summed E-state index contributed by atoms with van der Waals surface area (Å²) in [5.74, 6) is 0. The lowest BCUT2D eigenvalue weighted by Crippen LogP contribution is -2.00. The number of aryl methyl sites for hydroxylation is 1. The second kappa shape index (κ2) is 4.05. The first-order chi connectivity index (χ1) is 7.93. The molecule has 0 fully saturated rings. The molecule has 0 aliphatic heterocycles. The standard InChI is InChI=1S/C14H12N2/c1-2-4-12-7-13(6-5-11(12)3-1)14-8-15-10-16-9-14/h5-10H,1-3H2. The van der Waals surface area contributed by atoms with Crippen molar-refractivity contribution in [2.75, 3.05) is 0 Å². The molecule has 1 aromatic heterocycles. The Hall–Kier alpha value is -1.70. The van der Waals surface area contributed by atoms with E-state index in [0.717, 1.165) is 12.0 Å². The summed E-state index contributed by atoms with van der Waals surface area (Å²) in [6, 6.07) is 6.53. The van der Waals surface area contributed by atoms with Gasteiger partial charge in [0.1, 0.15) is 6.33 Å². The number of hydrogen-bond donors (Lipinski definition) is 0. The molecule has 1 heterocycles. The summed E-state index contributed by atoms with van der Waals surface area (Å²) >= 11 is 0. The summed E-state index contributed by atoms with van der Waals surface area (Å²) in [6.45, 7) is 0. The lowest BCUT2D eigenvalue weighted by molar-refractivity contribution is 0.775. The number of fused-ring (bicyclic) bond motifs is 1. The highest BCUT2D eigenvalue weighted by Crippen LogP contribution is 2.27. The molecule has 16 heavy (non-hydrogen) atoms. The Morgan fingerprint density at radius 2 is 1.94 bits per heavy atom. The van der Waals surface area contributed by atoms with Gasteiger partial charge in [-0.05, 0) is 36.0 Å². The Balaban J connectivity index is 2.03. The van der Waals surface area contributed by atoms with Crippen LogP contribution in [0.3, 0.4) is 0 Å². The van der Waals surface area contributed by atoms with Crippen molar-refractivity contribution in [3.63, 3.8) is 0 Å². The molecule has 0 amide bonds. The molecular formula is C14H12N2. The number of rotatable bonds is 1. The SMILES string of the molecule is [C]1CCCc2ccc(-c3cncnc3)cc21. The van der Waals surface area contributed by atoms with Crippen LogP contribution < -0.4 is 0 Å². The molecule has 0 atom stereocenters. The predicted molar refractivity (Wildman–Crippen MR) is 62.8 cm³/mol. The third-order valence-corrected chi connectivity index (χ3v) is 2.94. The molecule has 0 saturated carbocycles. The van der Waals surface area contributed by atoms with Gasteiger partial charge in [-0.25, -0.2) is 9.97 Å². The van der Waals surface area contributed by atoms with E-state index in [1.54, 1.807) is 6.33 Å². The van der Waals surface area contributed by atoms with Gasteiger partial charge in [-0.3, -0.25) is 0 Å². The maximum atomic E-state index is 4.04. The van der Waals surface area contributed by atoms with Crippen molar-refractivity contribution in [2.45, 2.75) is 19.3 Å². The first-order valence-corrected chi connectivity index (χ1v) is 5.56. The van der Waals surface area contributed by atoms with Crippen molar-refractivity contribution >= 4 is 0 Å². The molecule has 1 aliphatic rings. The molecular weight excluding hydrogens is 196 g/mol. The molecule has 0 saturated heterocycles. The zero-order valence-electron chi connectivity index (χ0n) is 8.98. The van der Waals surface area contributed by atoms with Gasteiger partial charge in [-0.1, -0.05) is 18.2 Å². The first-order valence-electron chi connectivity index (χ1n) is 5.56. The van der Waals surface area contributed by atoms with E-state index >= 15 is 0 Å². The van der Waals surface area contributed by atoms with Crippen LogP contribution in [0.25, 0.3) is 11.1 Å². The minimum atomic E-state index is 1.07. The molecule has 0 N–H and O–H groups in total. The van der Waals surface area contributed by atoms with Crippen LogP contribution >= 0.6 is 0 Å². The summed E-state index contributed by atoms with van der Waals surface area (Å²) in [7, 11) is 0. The van der Waals surface area contributed by atoms with Crippen LogP contribution in [0.1, 0.15) is 24.0 Å². The zero-order valence-corrected chi connectivity index (χ0v) is 8.98. The average Bonchev–Trinajstić information content (AvgIpc) is 2.39. The Labute approximate surface area is 95.4 Å². The Morgan fingerprint density at radius 1 is 1.06 bits per heavy atom. The van der Waals surface area contributed by atoms with E-state index in [-0.39, 0.29) is 0 Å². The molecule has 0 spiro atoms. The van der Waals surface area contributed by atoms with Gasteiger partial charge in [0.2, 0.25) is 0 Å². The molecule has 1 aliphatic carbocycles. The van der Waals surface area contributed by atoms with Crippen molar-refractivity contribution in [3.05, 3.63) is 54.5 Å². The van der Waals surface area contributed by atoms with Crippen LogP contribution in [-0.4, -0.2) is 9.97 Å². The normalized spacial score (nSPS) is 14.5. The van der Waals surface area contributed by atoms with E-state index in [4.69, 9.17) is 0 Å². The van der Waals surface area contributed by atoms with E-state index in [1.165, 1.54) is 29.5 Å². The lowest BCUT2D eigenvalue weighted by Gasteiger charge is -2.15. The summed E-state index contributed by atoms with van der Waals surface area (Å²) in [6.07, 6.45) is 12.1. The minimum Gasteiger partial charge on any atom is -0.244 e. The zero-order chi connectivity index (χ0) is 10.8. The molecule has 2 heteroatoms. The minimum absolute atomic E-state index is 1.07. The highest BCUT2D eigenvalue weighted by Gasteiger charge is 2.10. The Kier molecular flexibility index (Phi) is 2.41. The largest absolute Gasteiger partial charge is 0.244 e. The fourth-order valence-corrected chi connectivity index (χ4v) is 2.09. The van der Waals surface area contributed by atoms with Crippen LogP contribution in [-0.2, 0) is 6.42 Å². The van der Waals surface area contributed by atoms with Gasteiger partial charge in [-0.2, -0.15) is 0 Å². The van der Waals surface area contributed by atoms with Crippen molar-refractivity contribution in [2.24, 2.45) is 0 Å². The van der Waals surface area contributed by atoms with Crippen LogP contribution in [0.2, 0.25) is 0 Å². The van der Waals surface area contributed by atoms with E-state index in [1.807, 2.05) is 12.4 Å². The summed E-state index contributed by atoms with van der Waals surface area (Å²) in [5.41, 5.74) is 4.91. The van der Waals surface area contributed by atoms with Gasteiger partial charge < -0.3 is 0 Å². The molecule has 1 aromatic carbocycles. The van der Waals surface area contributed by atoms with Crippen molar-refractivity contribution in [3.8, 4) is 11.1 Å². The third-order valence-electron chi connectivity index (χ3n) is 2.94. The maximum Gasteiger partial charge on any atom is 0.115 e. The molecule has 0 bridgehead atoms. The second-order valence-electron chi connectivity index (χ2n) is 4.03. The monoisotopic (exact) mass is 208 g/mol. The fourth-order valence-electron chi connectivity index (χ4n) is 2.09. The number of benzene rings is 1. The van der Waals surface area contributed by atoms with Gasteiger partial charge in [-0.15, -0.1) is 0 Å². The molecule has 2 radical (unpaired) electrons. The van der Waals surface area contributed by atoms with E-state index in [0.29, 0.717) is 0 Å². The van der Waals surface area contributed by atoms with Crippen LogP contribution in [0, 0.1) is 6.42 Å². The van der Waals surface area contributed by atoms with Gasteiger partial charge in [0.05, 0.1) is 0 Å². The van der Waals surface area contributed by atoms with Gasteiger partial charge in [0, 0.05) is 24.4 Å². The third kappa shape index (κ3) is 1.71. The first kappa shape index (κ1) is 9.52. The Bertz CT molecular complexity index is 491. The summed E-state index contributed by atoms with van der Waals surface area (Å²) in [4.78, 5) is 8.08. The molecule has 3 rings (SSSR count). The topological polar surface area (TPSA) is 25.8 Å².